The van der Waals surface area contributed by atoms with Crippen LogP contribution in [0.3, 0.4) is 0 Å². The maximum atomic E-state index is 2.31. The van der Waals surface area contributed by atoms with Crippen LogP contribution >= 0.6 is 0 Å². The molecule has 0 aliphatic heterocycles. The van der Waals surface area contributed by atoms with Crippen LogP contribution in [0.25, 0.3) is 0 Å². The van der Waals surface area contributed by atoms with Gasteiger partial charge in [0.2, 0.25) is 0 Å². The summed E-state index contributed by atoms with van der Waals surface area (Å²) in [5, 5.41) is 0. The quantitative estimate of drug-likeness (QED) is 0.573. The molecule has 0 heterocycles. The minimum atomic E-state index is 0. The second kappa shape index (κ2) is 8.22. The Morgan fingerprint density at radius 3 is 1.88 bits per heavy atom. The molecule has 0 aliphatic carbocycles. The van der Waals surface area contributed by atoms with Gasteiger partial charge in [-0.2, -0.15) is 0 Å². The first-order valence-corrected chi connectivity index (χ1v) is 2.99. The van der Waals surface area contributed by atoms with Crippen molar-refractivity contribution < 1.29 is 37.7 Å². The van der Waals surface area contributed by atoms with E-state index in [4.69, 9.17) is 0 Å². The number of rotatable bonds is 3. The second-order valence-electron chi connectivity index (χ2n) is 1.90. The molecule has 0 atom stereocenters. The van der Waals surface area contributed by atoms with Crippen molar-refractivity contribution in [3.63, 3.8) is 0 Å². The molecule has 0 aromatic carbocycles. The topological polar surface area (TPSA) is 3.24 Å². The standard InChI is InChI=1S/C6H15N.Ar/c1-4-6-7(3)5-2;/h4-6H2,1-3H3;. The van der Waals surface area contributed by atoms with Crippen molar-refractivity contribution in [2.24, 2.45) is 0 Å². The summed E-state index contributed by atoms with van der Waals surface area (Å²) in [4.78, 5) is 2.31. The van der Waals surface area contributed by atoms with E-state index in [-0.39, 0.29) is 37.7 Å². The first kappa shape index (κ1) is 12.0. The molecule has 0 bridgehead atoms. The summed E-state index contributed by atoms with van der Waals surface area (Å²) in [6.45, 7) is 6.78. The molecule has 0 saturated heterocycles. The van der Waals surface area contributed by atoms with E-state index in [1.165, 1.54) is 19.5 Å². The minimum Gasteiger partial charge on any atom is -0.307 e. The van der Waals surface area contributed by atoms with Gasteiger partial charge in [0, 0.05) is 37.7 Å². The fourth-order valence-electron chi connectivity index (χ4n) is 0.540. The van der Waals surface area contributed by atoms with Gasteiger partial charge >= 0.3 is 0 Å². The molecular formula is C6H15ArN. The van der Waals surface area contributed by atoms with E-state index in [9.17, 15) is 0 Å². The normalized spacial score (nSPS) is 9.00. The Labute approximate surface area is 82.4 Å². The largest absolute Gasteiger partial charge is 0.307 e. The molecule has 52 valence electrons. The monoisotopic (exact) mass is 141 g/mol. The SMILES string of the molecule is CCCN(C)CC.[Ar]. The van der Waals surface area contributed by atoms with Crippen LogP contribution in [0.2, 0.25) is 0 Å². The molecule has 0 fully saturated rings. The van der Waals surface area contributed by atoms with Crippen molar-refractivity contribution >= 4 is 0 Å². The van der Waals surface area contributed by atoms with Gasteiger partial charge in [0.05, 0.1) is 0 Å². The van der Waals surface area contributed by atoms with Crippen LogP contribution in [0.1, 0.15) is 20.3 Å². The molecule has 2 heteroatoms. The molecule has 0 aliphatic rings. The third kappa shape index (κ3) is 7.22. The fraction of sp³-hybridized carbons (Fsp3) is 1.00. The van der Waals surface area contributed by atoms with Gasteiger partial charge in [-0.25, -0.2) is 0 Å². The van der Waals surface area contributed by atoms with E-state index in [0.717, 1.165) is 0 Å². The predicted molar refractivity (Wildman–Crippen MR) is 33.5 cm³/mol. The Bertz CT molecular complexity index is 39.5. The zero-order valence-corrected chi connectivity index (χ0v) is 6.63. The molecule has 0 aromatic heterocycles. The minimum absolute atomic E-state index is 0. The van der Waals surface area contributed by atoms with Gasteiger partial charge in [-0.05, 0) is 26.6 Å². The van der Waals surface area contributed by atoms with Gasteiger partial charge in [0.15, 0.2) is 0 Å². The smallest absolute Gasteiger partial charge is 0 e. The zero-order valence-electron chi connectivity index (χ0n) is 5.92. The van der Waals surface area contributed by atoms with E-state index < -0.39 is 0 Å². The molecule has 1 nitrogen and oxygen atoms in total. The van der Waals surface area contributed by atoms with Crippen molar-refractivity contribution in [1.82, 2.24) is 4.90 Å². The van der Waals surface area contributed by atoms with Crippen molar-refractivity contribution in [2.75, 3.05) is 20.1 Å². The van der Waals surface area contributed by atoms with Crippen molar-refractivity contribution in [3.8, 4) is 0 Å². The Morgan fingerprint density at radius 2 is 1.75 bits per heavy atom. The van der Waals surface area contributed by atoms with Crippen molar-refractivity contribution in [1.29, 1.82) is 0 Å². The average molecular weight is 141 g/mol. The maximum Gasteiger partial charge on any atom is 0 e. The first-order chi connectivity index (χ1) is 3.31. The Morgan fingerprint density at radius 1 is 1.25 bits per heavy atom. The van der Waals surface area contributed by atoms with E-state index in [0.29, 0.717) is 0 Å². The van der Waals surface area contributed by atoms with Gasteiger partial charge in [0.1, 0.15) is 0 Å². The summed E-state index contributed by atoms with van der Waals surface area (Å²) in [5.41, 5.74) is 0. The van der Waals surface area contributed by atoms with Crippen molar-refractivity contribution in [2.45, 2.75) is 20.3 Å². The maximum absolute atomic E-state index is 2.31. The molecule has 0 saturated carbocycles. The second-order valence-corrected chi connectivity index (χ2v) is 1.90. The van der Waals surface area contributed by atoms with E-state index in [1.807, 2.05) is 0 Å². The van der Waals surface area contributed by atoms with Crippen LogP contribution in [-0.4, -0.2) is 25.0 Å². The summed E-state index contributed by atoms with van der Waals surface area (Å²) < 4.78 is 0. The molecule has 8 heavy (non-hydrogen) atoms. The van der Waals surface area contributed by atoms with Crippen LogP contribution in [0.5, 0.6) is 0 Å². The van der Waals surface area contributed by atoms with E-state index in [2.05, 4.69) is 25.8 Å². The molecule has 0 aromatic rings. The Balaban J connectivity index is 0. The third-order valence-corrected chi connectivity index (χ3v) is 1.15. The fourth-order valence-corrected chi connectivity index (χ4v) is 0.540. The zero-order chi connectivity index (χ0) is 5.70. The van der Waals surface area contributed by atoms with Gasteiger partial charge in [0.25, 0.3) is 0 Å². The molecule has 0 rings (SSSR count). The molecule has 0 unspecified atom stereocenters. The van der Waals surface area contributed by atoms with Crippen LogP contribution in [0.15, 0.2) is 0 Å². The van der Waals surface area contributed by atoms with Gasteiger partial charge in [-0.15, -0.1) is 0 Å². The summed E-state index contributed by atoms with van der Waals surface area (Å²) in [5.74, 6) is 0. The van der Waals surface area contributed by atoms with Gasteiger partial charge in [-0.1, -0.05) is 13.8 Å². The van der Waals surface area contributed by atoms with E-state index in [1.54, 1.807) is 0 Å². The molecule has 0 amide bonds. The third-order valence-electron chi connectivity index (χ3n) is 1.15. The summed E-state index contributed by atoms with van der Waals surface area (Å²) in [6.07, 6.45) is 1.27. The summed E-state index contributed by atoms with van der Waals surface area (Å²) in [6, 6.07) is 0. The van der Waals surface area contributed by atoms with Crippen LogP contribution in [-0.2, 0) is 0 Å². The molecule has 0 radical (unpaired) electrons. The van der Waals surface area contributed by atoms with Gasteiger partial charge in [-0.3, -0.25) is 0 Å². The average Bonchev–Trinajstić information content (AvgIpc) is 1.68. The van der Waals surface area contributed by atoms with Gasteiger partial charge < -0.3 is 4.90 Å². The molecule has 0 spiro atoms. The van der Waals surface area contributed by atoms with Crippen molar-refractivity contribution in [3.05, 3.63) is 0 Å². The van der Waals surface area contributed by atoms with E-state index >= 15 is 0 Å². The number of nitrogens with zero attached hydrogens (tertiary/aromatic N) is 1. The van der Waals surface area contributed by atoms with Crippen LogP contribution < -0.4 is 0 Å². The summed E-state index contributed by atoms with van der Waals surface area (Å²) >= 11 is 0. The Kier molecular flexibility index (Phi) is 12.3. The number of hydrogen-bond donors (Lipinski definition) is 0. The molecule has 0 N–H and O–H groups in total. The Hall–Kier alpha value is 1.22. The number of hydrogen-bond acceptors (Lipinski definition) is 1. The van der Waals surface area contributed by atoms with Crippen LogP contribution in [0.4, 0.5) is 0 Å². The summed E-state index contributed by atoms with van der Waals surface area (Å²) in [7, 11) is 2.14. The van der Waals surface area contributed by atoms with Crippen LogP contribution in [0, 0.1) is 37.7 Å². The first-order valence-electron chi connectivity index (χ1n) is 2.99. The predicted octanol–water partition coefficient (Wildman–Crippen LogP) is 1.35. The molecular weight excluding hydrogens is 126 g/mol.